The smallest absolute Gasteiger partial charge is 0.103 e. The van der Waals surface area contributed by atoms with Crippen LogP contribution in [-0.4, -0.2) is 31.1 Å². The Morgan fingerprint density at radius 2 is 2.24 bits per heavy atom. The Hall–Kier alpha value is -1.18. The Kier molecular flexibility index (Phi) is 4.72. The van der Waals surface area contributed by atoms with Crippen molar-refractivity contribution >= 4 is 17.4 Å². The van der Waals surface area contributed by atoms with Crippen molar-refractivity contribution in [1.82, 2.24) is 0 Å². The molecule has 0 aromatic heterocycles. The Labute approximate surface area is 131 Å². The first kappa shape index (κ1) is 14.7. The lowest BCUT2D eigenvalue weighted by Gasteiger charge is -2.45. The van der Waals surface area contributed by atoms with E-state index in [2.05, 4.69) is 36.1 Å². The van der Waals surface area contributed by atoms with E-state index in [-0.39, 0.29) is 0 Å². The number of morpholine rings is 1. The molecule has 0 spiro atoms. The second-order valence-electron chi connectivity index (χ2n) is 5.65. The number of ether oxygens (including phenoxy) is 1. The van der Waals surface area contributed by atoms with Gasteiger partial charge >= 0.3 is 0 Å². The molecule has 112 valence electrons. The largest absolute Gasteiger partial charge is 0.374 e. The fourth-order valence-electron chi connectivity index (χ4n) is 3.54. The van der Waals surface area contributed by atoms with Crippen molar-refractivity contribution < 1.29 is 4.74 Å². The summed E-state index contributed by atoms with van der Waals surface area (Å²) in [5, 5.41) is 9.63. The summed E-state index contributed by atoms with van der Waals surface area (Å²) < 4.78 is 5.96. The number of rotatable bonds is 3. The van der Waals surface area contributed by atoms with Crippen molar-refractivity contribution in [2.75, 3.05) is 23.8 Å². The summed E-state index contributed by atoms with van der Waals surface area (Å²) in [6, 6.07) is 9.14. The molecule has 1 saturated carbocycles. The van der Waals surface area contributed by atoms with Gasteiger partial charge in [-0.3, -0.25) is 0 Å². The van der Waals surface area contributed by atoms with Crippen LogP contribution in [0.4, 0.5) is 5.69 Å². The van der Waals surface area contributed by atoms with Crippen molar-refractivity contribution in [3.8, 4) is 6.07 Å². The van der Waals surface area contributed by atoms with Crippen LogP contribution in [0.3, 0.4) is 0 Å². The second kappa shape index (κ2) is 6.72. The number of nitriles is 1. The predicted octanol–water partition coefficient (Wildman–Crippen LogP) is 3.82. The third kappa shape index (κ3) is 2.90. The van der Waals surface area contributed by atoms with E-state index in [4.69, 9.17) is 4.74 Å². The summed E-state index contributed by atoms with van der Waals surface area (Å²) in [4.78, 5) is 3.54. The first-order chi connectivity index (χ1) is 10.3. The van der Waals surface area contributed by atoms with Crippen LogP contribution >= 0.6 is 11.8 Å². The van der Waals surface area contributed by atoms with Gasteiger partial charge in [0.2, 0.25) is 0 Å². The minimum Gasteiger partial charge on any atom is -0.374 e. The molecule has 1 heterocycles. The van der Waals surface area contributed by atoms with Crippen molar-refractivity contribution in [2.24, 2.45) is 0 Å². The van der Waals surface area contributed by atoms with E-state index in [1.165, 1.54) is 19.3 Å². The third-order valence-corrected chi connectivity index (χ3v) is 5.40. The van der Waals surface area contributed by atoms with Crippen LogP contribution in [-0.2, 0) is 4.74 Å². The molecule has 1 aliphatic carbocycles. The quantitative estimate of drug-likeness (QED) is 0.795. The molecule has 0 N–H and O–H groups in total. The Morgan fingerprint density at radius 1 is 1.38 bits per heavy atom. The van der Waals surface area contributed by atoms with E-state index in [0.717, 1.165) is 41.5 Å². The maximum atomic E-state index is 9.63. The minimum atomic E-state index is 0.349. The molecule has 2 unspecified atom stereocenters. The molecule has 2 atom stereocenters. The third-order valence-electron chi connectivity index (χ3n) is 4.46. The highest BCUT2D eigenvalue weighted by Gasteiger charge is 2.35. The van der Waals surface area contributed by atoms with Crippen molar-refractivity contribution in [1.29, 1.82) is 5.26 Å². The fourth-order valence-corrected chi connectivity index (χ4v) is 4.32. The fraction of sp³-hybridized carbons (Fsp3) is 0.588. The van der Waals surface area contributed by atoms with Gasteiger partial charge in [-0.2, -0.15) is 5.26 Å². The zero-order chi connectivity index (χ0) is 14.7. The molecule has 3 nitrogen and oxygen atoms in total. The Morgan fingerprint density at radius 3 is 3.05 bits per heavy atom. The zero-order valence-corrected chi connectivity index (χ0v) is 13.4. The van der Waals surface area contributed by atoms with Crippen LogP contribution in [0.25, 0.3) is 0 Å². The van der Waals surface area contributed by atoms with E-state index >= 15 is 0 Å². The highest BCUT2D eigenvalue weighted by Crippen LogP contribution is 2.36. The van der Waals surface area contributed by atoms with Crippen LogP contribution in [0, 0.1) is 11.3 Å². The second-order valence-corrected chi connectivity index (χ2v) is 6.96. The molecule has 2 aliphatic rings. The SMILES string of the molecule is CCSc1cccc(N2CCOC3CCCCC32)c1C#N. The Bertz CT molecular complexity index is 538. The van der Waals surface area contributed by atoms with Crippen LogP contribution in [0.5, 0.6) is 0 Å². The summed E-state index contributed by atoms with van der Waals surface area (Å²) in [6.45, 7) is 3.80. The standard InChI is InChI=1S/C17H22N2OS/c1-2-21-17-9-5-7-14(13(17)12-18)19-10-11-20-16-8-4-3-6-15(16)19/h5,7,9,15-16H,2-4,6,8,10-11H2,1H3. The Balaban J connectivity index is 1.95. The van der Waals surface area contributed by atoms with Gasteiger partial charge in [0, 0.05) is 11.4 Å². The number of nitrogens with zero attached hydrogens (tertiary/aromatic N) is 2. The molecule has 1 aromatic rings. The average Bonchev–Trinajstić information content (AvgIpc) is 2.54. The molecule has 2 fully saturated rings. The maximum absolute atomic E-state index is 9.63. The van der Waals surface area contributed by atoms with Gasteiger partial charge in [-0.15, -0.1) is 11.8 Å². The van der Waals surface area contributed by atoms with Crippen LogP contribution in [0.1, 0.15) is 38.2 Å². The number of benzene rings is 1. The summed E-state index contributed by atoms with van der Waals surface area (Å²) in [5.41, 5.74) is 1.95. The first-order valence-corrected chi connectivity index (χ1v) is 8.88. The minimum absolute atomic E-state index is 0.349. The molecule has 1 aliphatic heterocycles. The number of thioether (sulfide) groups is 1. The van der Waals surface area contributed by atoms with E-state index < -0.39 is 0 Å². The van der Waals surface area contributed by atoms with Crippen molar-refractivity contribution in [2.45, 2.75) is 49.6 Å². The predicted molar refractivity (Wildman–Crippen MR) is 86.9 cm³/mol. The van der Waals surface area contributed by atoms with Gasteiger partial charge in [-0.1, -0.05) is 25.8 Å². The molecular weight excluding hydrogens is 280 g/mol. The summed E-state index contributed by atoms with van der Waals surface area (Å²) >= 11 is 1.75. The van der Waals surface area contributed by atoms with Crippen LogP contribution in [0.15, 0.2) is 23.1 Å². The maximum Gasteiger partial charge on any atom is 0.103 e. The topological polar surface area (TPSA) is 36.3 Å². The summed E-state index contributed by atoms with van der Waals surface area (Å²) in [7, 11) is 0. The molecule has 21 heavy (non-hydrogen) atoms. The van der Waals surface area contributed by atoms with E-state index in [1.54, 1.807) is 11.8 Å². The number of fused-ring (bicyclic) bond motifs is 1. The molecule has 0 amide bonds. The highest BCUT2D eigenvalue weighted by molar-refractivity contribution is 7.99. The molecular formula is C17H22N2OS. The van der Waals surface area contributed by atoms with Gasteiger partial charge < -0.3 is 9.64 Å². The molecule has 0 bridgehead atoms. The van der Waals surface area contributed by atoms with E-state index in [9.17, 15) is 5.26 Å². The lowest BCUT2D eigenvalue weighted by Crippen LogP contribution is -2.53. The lowest BCUT2D eigenvalue weighted by molar-refractivity contribution is -0.00870. The summed E-state index contributed by atoms with van der Waals surface area (Å²) in [5.74, 6) is 0.993. The van der Waals surface area contributed by atoms with Gasteiger partial charge in [0.15, 0.2) is 0 Å². The van der Waals surface area contributed by atoms with Crippen LogP contribution < -0.4 is 4.90 Å². The van der Waals surface area contributed by atoms with Gasteiger partial charge in [-0.05, 0) is 30.7 Å². The lowest BCUT2D eigenvalue weighted by atomic mass is 9.89. The molecule has 1 saturated heterocycles. The average molecular weight is 302 g/mol. The first-order valence-electron chi connectivity index (χ1n) is 7.89. The van der Waals surface area contributed by atoms with Gasteiger partial charge in [0.1, 0.15) is 6.07 Å². The zero-order valence-electron chi connectivity index (χ0n) is 12.5. The number of anilines is 1. The summed E-state index contributed by atoms with van der Waals surface area (Å²) in [6.07, 6.45) is 5.23. The van der Waals surface area contributed by atoms with E-state index in [1.807, 2.05) is 0 Å². The van der Waals surface area contributed by atoms with Gasteiger partial charge in [0.25, 0.3) is 0 Å². The molecule has 1 aromatic carbocycles. The number of hydrogen-bond acceptors (Lipinski definition) is 4. The normalized spacial score (nSPS) is 25.2. The van der Waals surface area contributed by atoms with Crippen LogP contribution in [0.2, 0.25) is 0 Å². The van der Waals surface area contributed by atoms with Crippen molar-refractivity contribution in [3.05, 3.63) is 23.8 Å². The van der Waals surface area contributed by atoms with E-state index in [0.29, 0.717) is 12.1 Å². The number of hydrogen-bond donors (Lipinski definition) is 0. The monoisotopic (exact) mass is 302 g/mol. The molecule has 4 heteroatoms. The van der Waals surface area contributed by atoms with Gasteiger partial charge in [-0.25, -0.2) is 0 Å². The highest BCUT2D eigenvalue weighted by atomic mass is 32.2. The van der Waals surface area contributed by atoms with Crippen molar-refractivity contribution in [3.63, 3.8) is 0 Å². The molecule has 3 rings (SSSR count). The molecule has 0 radical (unpaired) electrons. The van der Waals surface area contributed by atoms with Gasteiger partial charge in [0.05, 0.1) is 30.0 Å².